The lowest BCUT2D eigenvalue weighted by Gasteiger charge is -2.09. The van der Waals surface area contributed by atoms with Crippen molar-refractivity contribution in [2.75, 3.05) is 13.2 Å². The van der Waals surface area contributed by atoms with Crippen LogP contribution >= 0.6 is 0 Å². The molecule has 0 bridgehead atoms. The van der Waals surface area contributed by atoms with Gasteiger partial charge in [-0.25, -0.2) is 4.79 Å². The predicted molar refractivity (Wildman–Crippen MR) is 51.6 cm³/mol. The molecule has 1 amide bonds. The van der Waals surface area contributed by atoms with E-state index in [0.29, 0.717) is 6.61 Å². The van der Waals surface area contributed by atoms with Gasteiger partial charge in [0.2, 0.25) is 0 Å². The lowest BCUT2D eigenvalue weighted by Crippen LogP contribution is -2.26. The molecule has 0 aromatic carbocycles. The Balaban J connectivity index is 1.96. The van der Waals surface area contributed by atoms with Gasteiger partial charge < -0.3 is 10.1 Å². The van der Waals surface area contributed by atoms with Gasteiger partial charge in [-0.15, -0.1) is 0 Å². The lowest BCUT2D eigenvalue weighted by atomic mass is 10.0. The first-order valence-electron chi connectivity index (χ1n) is 5.23. The molecule has 0 unspecified atom stereocenters. The SMILES string of the molecule is CCOC(=O)NCCC1CCCC1. The van der Waals surface area contributed by atoms with E-state index in [0.717, 1.165) is 18.9 Å². The zero-order valence-electron chi connectivity index (χ0n) is 8.34. The third-order valence-corrected chi connectivity index (χ3v) is 2.57. The topological polar surface area (TPSA) is 38.3 Å². The minimum atomic E-state index is -0.277. The van der Waals surface area contributed by atoms with Crippen molar-refractivity contribution in [1.29, 1.82) is 0 Å². The Hall–Kier alpha value is -0.730. The van der Waals surface area contributed by atoms with Gasteiger partial charge in [-0.3, -0.25) is 0 Å². The molecule has 3 nitrogen and oxygen atoms in total. The molecule has 1 aliphatic rings. The third kappa shape index (κ3) is 4.15. The molecule has 1 aliphatic carbocycles. The molecule has 0 radical (unpaired) electrons. The van der Waals surface area contributed by atoms with Gasteiger partial charge in [0.1, 0.15) is 0 Å². The van der Waals surface area contributed by atoms with Crippen molar-refractivity contribution in [3.8, 4) is 0 Å². The number of alkyl carbamates (subject to hydrolysis) is 1. The Bertz CT molecular complexity index is 153. The molecule has 13 heavy (non-hydrogen) atoms. The summed E-state index contributed by atoms with van der Waals surface area (Å²) in [6, 6.07) is 0. The summed E-state index contributed by atoms with van der Waals surface area (Å²) < 4.78 is 4.76. The maximum absolute atomic E-state index is 10.9. The molecule has 0 spiro atoms. The fourth-order valence-electron chi connectivity index (χ4n) is 1.86. The van der Waals surface area contributed by atoms with Crippen molar-refractivity contribution in [2.45, 2.75) is 39.0 Å². The number of hydrogen-bond donors (Lipinski definition) is 1. The molecule has 1 rings (SSSR count). The van der Waals surface area contributed by atoms with Crippen molar-refractivity contribution in [1.82, 2.24) is 5.32 Å². The van der Waals surface area contributed by atoms with Crippen molar-refractivity contribution in [3.63, 3.8) is 0 Å². The highest BCUT2D eigenvalue weighted by molar-refractivity contribution is 5.66. The number of rotatable bonds is 4. The molecule has 1 fully saturated rings. The highest BCUT2D eigenvalue weighted by atomic mass is 16.5. The van der Waals surface area contributed by atoms with E-state index < -0.39 is 0 Å². The molecule has 0 aromatic heterocycles. The van der Waals surface area contributed by atoms with E-state index >= 15 is 0 Å². The van der Waals surface area contributed by atoms with E-state index in [-0.39, 0.29) is 6.09 Å². The largest absolute Gasteiger partial charge is 0.450 e. The molecule has 1 N–H and O–H groups in total. The van der Waals surface area contributed by atoms with Gasteiger partial charge in [0.25, 0.3) is 0 Å². The predicted octanol–water partition coefficient (Wildman–Crippen LogP) is 2.31. The average Bonchev–Trinajstić information content (AvgIpc) is 2.57. The van der Waals surface area contributed by atoms with E-state index in [9.17, 15) is 4.79 Å². The van der Waals surface area contributed by atoms with Crippen LogP contribution in [0.4, 0.5) is 4.79 Å². The first kappa shape index (κ1) is 10.4. The van der Waals surface area contributed by atoms with Gasteiger partial charge in [0, 0.05) is 6.54 Å². The molecular formula is C10H19NO2. The second-order valence-electron chi connectivity index (χ2n) is 3.59. The molecule has 3 heteroatoms. The van der Waals surface area contributed by atoms with Crippen molar-refractivity contribution < 1.29 is 9.53 Å². The second kappa shape index (κ2) is 5.84. The fourth-order valence-corrected chi connectivity index (χ4v) is 1.86. The van der Waals surface area contributed by atoms with E-state index in [2.05, 4.69) is 5.32 Å². The Labute approximate surface area is 79.8 Å². The van der Waals surface area contributed by atoms with Gasteiger partial charge in [-0.05, 0) is 19.3 Å². The zero-order chi connectivity index (χ0) is 9.52. The minimum absolute atomic E-state index is 0.277. The molecule has 0 atom stereocenters. The van der Waals surface area contributed by atoms with Gasteiger partial charge in [0.05, 0.1) is 6.61 Å². The number of nitrogens with one attached hydrogen (secondary N) is 1. The number of amides is 1. The number of carbonyl (C=O) groups is 1. The van der Waals surface area contributed by atoms with E-state index in [1.54, 1.807) is 0 Å². The molecule has 1 saturated carbocycles. The average molecular weight is 185 g/mol. The lowest BCUT2D eigenvalue weighted by molar-refractivity contribution is 0.151. The Morgan fingerprint density at radius 3 is 2.77 bits per heavy atom. The molecule has 0 aliphatic heterocycles. The summed E-state index contributed by atoms with van der Waals surface area (Å²) >= 11 is 0. The second-order valence-corrected chi connectivity index (χ2v) is 3.59. The Morgan fingerprint density at radius 2 is 2.15 bits per heavy atom. The molecule has 76 valence electrons. The Kier molecular flexibility index (Phi) is 4.65. The summed E-state index contributed by atoms with van der Waals surface area (Å²) in [5.41, 5.74) is 0. The summed E-state index contributed by atoms with van der Waals surface area (Å²) in [7, 11) is 0. The Morgan fingerprint density at radius 1 is 1.46 bits per heavy atom. The van der Waals surface area contributed by atoms with Crippen LogP contribution in [0.3, 0.4) is 0 Å². The van der Waals surface area contributed by atoms with Crippen LogP contribution in [0.15, 0.2) is 0 Å². The molecule has 0 heterocycles. The summed E-state index contributed by atoms with van der Waals surface area (Å²) in [5, 5.41) is 2.75. The summed E-state index contributed by atoms with van der Waals surface area (Å²) in [5.74, 6) is 0.835. The first-order valence-corrected chi connectivity index (χ1v) is 5.23. The monoisotopic (exact) mass is 185 g/mol. The fraction of sp³-hybridized carbons (Fsp3) is 0.900. The van der Waals surface area contributed by atoms with Crippen LogP contribution in [-0.2, 0) is 4.74 Å². The smallest absolute Gasteiger partial charge is 0.407 e. The van der Waals surface area contributed by atoms with Crippen LogP contribution in [0.25, 0.3) is 0 Å². The zero-order valence-corrected chi connectivity index (χ0v) is 8.34. The van der Waals surface area contributed by atoms with Crippen LogP contribution in [-0.4, -0.2) is 19.2 Å². The maximum atomic E-state index is 10.9. The molecule has 0 saturated heterocycles. The van der Waals surface area contributed by atoms with Gasteiger partial charge >= 0.3 is 6.09 Å². The highest BCUT2D eigenvalue weighted by Gasteiger charge is 2.14. The number of carbonyl (C=O) groups excluding carboxylic acids is 1. The molecular weight excluding hydrogens is 166 g/mol. The van der Waals surface area contributed by atoms with Crippen LogP contribution in [0.2, 0.25) is 0 Å². The van der Waals surface area contributed by atoms with Gasteiger partial charge in [-0.1, -0.05) is 25.7 Å². The highest BCUT2D eigenvalue weighted by Crippen LogP contribution is 2.26. The summed E-state index contributed by atoms with van der Waals surface area (Å²) in [4.78, 5) is 10.9. The first-order chi connectivity index (χ1) is 6.33. The molecule has 0 aromatic rings. The van der Waals surface area contributed by atoms with E-state index in [1.807, 2.05) is 6.92 Å². The van der Waals surface area contributed by atoms with Crippen molar-refractivity contribution in [3.05, 3.63) is 0 Å². The van der Waals surface area contributed by atoms with Crippen molar-refractivity contribution in [2.24, 2.45) is 5.92 Å². The van der Waals surface area contributed by atoms with E-state index in [4.69, 9.17) is 4.74 Å². The van der Waals surface area contributed by atoms with Crippen LogP contribution in [0.5, 0.6) is 0 Å². The third-order valence-electron chi connectivity index (χ3n) is 2.57. The van der Waals surface area contributed by atoms with Gasteiger partial charge in [0.15, 0.2) is 0 Å². The van der Waals surface area contributed by atoms with E-state index in [1.165, 1.54) is 25.7 Å². The van der Waals surface area contributed by atoms with Gasteiger partial charge in [-0.2, -0.15) is 0 Å². The number of hydrogen-bond acceptors (Lipinski definition) is 2. The normalized spacial score (nSPS) is 17.3. The minimum Gasteiger partial charge on any atom is -0.450 e. The van der Waals surface area contributed by atoms with Crippen LogP contribution < -0.4 is 5.32 Å². The number of ether oxygens (including phenoxy) is 1. The quantitative estimate of drug-likeness (QED) is 0.730. The maximum Gasteiger partial charge on any atom is 0.407 e. The van der Waals surface area contributed by atoms with Crippen LogP contribution in [0, 0.1) is 5.92 Å². The summed E-state index contributed by atoms with van der Waals surface area (Å²) in [6.07, 6.45) is 6.24. The van der Waals surface area contributed by atoms with Crippen molar-refractivity contribution >= 4 is 6.09 Å². The summed E-state index contributed by atoms with van der Waals surface area (Å²) in [6.45, 7) is 3.04. The van der Waals surface area contributed by atoms with Crippen LogP contribution in [0.1, 0.15) is 39.0 Å². The standard InChI is InChI=1S/C10H19NO2/c1-2-13-10(12)11-8-7-9-5-3-4-6-9/h9H,2-8H2,1H3,(H,11,12).